The summed E-state index contributed by atoms with van der Waals surface area (Å²) in [7, 11) is 1.53. The molecule has 1 saturated heterocycles. The fraction of sp³-hybridized carbons (Fsp3) is 0.292. The van der Waals surface area contributed by atoms with Gasteiger partial charge in [0.1, 0.15) is 11.8 Å². The minimum Gasteiger partial charge on any atom is -0.496 e. The molecule has 33 heavy (non-hydrogen) atoms. The Labute approximate surface area is 190 Å². The number of benzene rings is 2. The van der Waals surface area contributed by atoms with Gasteiger partial charge in [0.15, 0.2) is 0 Å². The van der Waals surface area contributed by atoms with E-state index in [2.05, 4.69) is 10.6 Å². The monoisotopic (exact) mass is 449 g/mol. The van der Waals surface area contributed by atoms with Crippen molar-refractivity contribution in [2.75, 3.05) is 12.4 Å². The summed E-state index contributed by atoms with van der Waals surface area (Å²) in [5.74, 6) is -2.09. The van der Waals surface area contributed by atoms with Gasteiger partial charge in [-0.1, -0.05) is 18.2 Å². The number of hydrogen-bond acceptors (Lipinski definition) is 6. The van der Waals surface area contributed by atoms with Crippen LogP contribution in [-0.4, -0.2) is 47.6 Å². The molecule has 2 aromatic carbocycles. The first-order valence-corrected chi connectivity index (χ1v) is 10.5. The predicted molar refractivity (Wildman–Crippen MR) is 118 cm³/mol. The van der Waals surface area contributed by atoms with E-state index in [0.717, 1.165) is 4.90 Å². The maximum Gasteiger partial charge on any atom is 0.262 e. The van der Waals surface area contributed by atoms with Gasteiger partial charge >= 0.3 is 0 Å². The molecule has 5 amide bonds. The summed E-state index contributed by atoms with van der Waals surface area (Å²) in [4.78, 5) is 63.4. The number of rotatable bonds is 5. The first-order valence-electron chi connectivity index (χ1n) is 10.5. The lowest BCUT2D eigenvalue weighted by Crippen LogP contribution is -2.54. The summed E-state index contributed by atoms with van der Waals surface area (Å²) < 4.78 is 5.38. The molecule has 0 spiro atoms. The minimum atomic E-state index is -1.04. The van der Waals surface area contributed by atoms with E-state index >= 15 is 0 Å². The van der Waals surface area contributed by atoms with Crippen molar-refractivity contribution in [1.29, 1.82) is 0 Å². The van der Waals surface area contributed by atoms with Gasteiger partial charge < -0.3 is 10.1 Å². The molecule has 0 aliphatic carbocycles. The van der Waals surface area contributed by atoms with E-state index in [1.54, 1.807) is 26.0 Å². The smallest absolute Gasteiger partial charge is 0.262 e. The normalized spacial score (nSPS) is 18.2. The standard InChI is InChI=1S/C24H23N3O6/c1-24(2,16-6-4-5-7-18(16)33-3)23(32)25-13-8-9-14-15(12-13)22(31)27(21(14)30)17-10-11-19(28)26-20(17)29/h4-9,12,17H,10-11H2,1-3H3,(H,25,32)(H,26,28,29). The van der Waals surface area contributed by atoms with Crippen molar-refractivity contribution in [2.24, 2.45) is 0 Å². The number of amides is 5. The third-order valence-corrected chi connectivity index (χ3v) is 6.05. The van der Waals surface area contributed by atoms with E-state index in [4.69, 9.17) is 4.74 Å². The number of carbonyl (C=O) groups excluding carboxylic acids is 5. The summed E-state index contributed by atoms with van der Waals surface area (Å²) in [6.07, 6.45) is 0.121. The van der Waals surface area contributed by atoms with Gasteiger partial charge in [0.05, 0.1) is 23.7 Å². The number of methoxy groups -OCH3 is 1. The van der Waals surface area contributed by atoms with Crippen LogP contribution < -0.4 is 15.4 Å². The van der Waals surface area contributed by atoms with E-state index in [-0.39, 0.29) is 29.9 Å². The Hall–Kier alpha value is -4.01. The third-order valence-electron chi connectivity index (χ3n) is 6.05. The number of nitrogens with one attached hydrogen (secondary N) is 2. The van der Waals surface area contributed by atoms with E-state index in [1.807, 2.05) is 12.1 Å². The highest BCUT2D eigenvalue weighted by Gasteiger charge is 2.44. The molecule has 1 unspecified atom stereocenters. The van der Waals surface area contributed by atoms with Crippen molar-refractivity contribution >= 4 is 35.2 Å². The Bertz CT molecular complexity index is 1200. The molecule has 2 aliphatic heterocycles. The molecule has 1 fully saturated rings. The second-order valence-corrected chi connectivity index (χ2v) is 8.49. The fourth-order valence-electron chi connectivity index (χ4n) is 4.12. The molecular weight excluding hydrogens is 426 g/mol. The zero-order chi connectivity index (χ0) is 23.9. The zero-order valence-electron chi connectivity index (χ0n) is 18.4. The van der Waals surface area contributed by atoms with E-state index in [1.165, 1.54) is 25.3 Å². The second kappa shape index (κ2) is 8.16. The van der Waals surface area contributed by atoms with Crippen LogP contribution in [0.3, 0.4) is 0 Å². The van der Waals surface area contributed by atoms with Gasteiger partial charge in [-0.25, -0.2) is 0 Å². The van der Waals surface area contributed by atoms with Crippen LogP contribution in [-0.2, 0) is 19.8 Å². The van der Waals surface area contributed by atoms with E-state index in [9.17, 15) is 24.0 Å². The Morgan fingerprint density at radius 1 is 1.06 bits per heavy atom. The number of hydrogen-bond donors (Lipinski definition) is 2. The molecule has 170 valence electrons. The molecule has 9 nitrogen and oxygen atoms in total. The molecule has 0 saturated carbocycles. The van der Waals surface area contributed by atoms with Crippen LogP contribution in [0.4, 0.5) is 5.69 Å². The molecule has 4 rings (SSSR count). The van der Waals surface area contributed by atoms with E-state index < -0.39 is 35.1 Å². The predicted octanol–water partition coefficient (Wildman–Crippen LogP) is 2.01. The maximum absolute atomic E-state index is 13.1. The SMILES string of the molecule is COc1ccccc1C(C)(C)C(=O)Nc1ccc2c(c1)C(=O)N(C1CCC(=O)NC1=O)C2=O. The number of fused-ring (bicyclic) bond motifs is 1. The first-order chi connectivity index (χ1) is 15.6. The molecule has 1 atom stereocenters. The molecule has 2 N–H and O–H groups in total. The molecule has 2 aromatic rings. The average Bonchev–Trinajstić information content (AvgIpc) is 3.03. The van der Waals surface area contributed by atoms with Gasteiger partial charge in [0, 0.05) is 17.7 Å². The average molecular weight is 449 g/mol. The van der Waals surface area contributed by atoms with Crippen LogP contribution in [0.2, 0.25) is 0 Å². The molecule has 9 heteroatoms. The van der Waals surface area contributed by atoms with Crippen molar-refractivity contribution in [2.45, 2.75) is 38.1 Å². The quantitative estimate of drug-likeness (QED) is 0.674. The first kappa shape index (κ1) is 22.2. The molecule has 2 heterocycles. The third kappa shape index (κ3) is 3.75. The van der Waals surface area contributed by atoms with Crippen LogP contribution in [0.15, 0.2) is 42.5 Å². The Morgan fingerprint density at radius 3 is 2.45 bits per heavy atom. The van der Waals surface area contributed by atoms with Gasteiger partial charge in [-0.15, -0.1) is 0 Å². The van der Waals surface area contributed by atoms with Gasteiger partial charge in [-0.3, -0.25) is 34.2 Å². The summed E-state index contributed by atoms with van der Waals surface area (Å²) in [6.45, 7) is 3.51. The molecule has 2 aliphatic rings. The highest BCUT2D eigenvalue weighted by Crippen LogP contribution is 2.34. The summed E-state index contributed by atoms with van der Waals surface area (Å²) in [5, 5.41) is 4.97. The number of piperidine rings is 1. The Morgan fingerprint density at radius 2 is 1.76 bits per heavy atom. The largest absolute Gasteiger partial charge is 0.496 e. The van der Waals surface area contributed by atoms with Crippen LogP contribution in [0.25, 0.3) is 0 Å². The van der Waals surface area contributed by atoms with E-state index in [0.29, 0.717) is 17.0 Å². The van der Waals surface area contributed by atoms with Crippen molar-refractivity contribution in [3.8, 4) is 5.75 Å². The highest BCUT2D eigenvalue weighted by molar-refractivity contribution is 6.24. The van der Waals surface area contributed by atoms with Crippen molar-refractivity contribution in [3.05, 3.63) is 59.2 Å². The number of ether oxygens (including phenoxy) is 1. The zero-order valence-corrected chi connectivity index (χ0v) is 18.4. The number of nitrogens with zero attached hydrogens (tertiary/aromatic N) is 1. The lowest BCUT2D eigenvalue weighted by Gasteiger charge is -2.27. The summed E-state index contributed by atoms with van der Waals surface area (Å²) in [5.41, 5.74) is 0.322. The van der Waals surface area contributed by atoms with Gasteiger partial charge in [0.25, 0.3) is 11.8 Å². The van der Waals surface area contributed by atoms with Gasteiger partial charge in [0.2, 0.25) is 17.7 Å². The lowest BCUT2D eigenvalue weighted by molar-refractivity contribution is -0.136. The van der Waals surface area contributed by atoms with Crippen LogP contribution in [0.1, 0.15) is 53.0 Å². The van der Waals surface area contributed by atoms with Crippen molar-refractivity contribution in [3.63, 3.8) is 0 Å². The highest BCUT2D eigenvalue weighted by atomic mass is 16.5. The Balaban J connectivity index is 1.58. The number of imide groups is 2. The molecule has 0 aromatic heterocycles. The molecule has 0 radical (unpaired) electrons. The molecular formula is C24H23N3O6. The van der Waals surface area contributed by atoms with Crippen LogP contribution in [0.5, 0.6) is 5.75 Å². The maximum atomic E-state index is 13.1. The number of anilines is 1. The van der Waals surface area contributed by atoms with Crippen molar-refractivity contribution < 1.29 is 28.7 Å². The molecule has 0 bridgehead atoms. The number of carbonyl (C=O) groups is 5. The summed E-state index contributed by atoms with van der Waals surface area (Å²) >= 11 is 0. The lowest BCUT2D eigenvalue weighted by atomic mass is 9.83. The van der Waals surface area contributed by atoms with Crippen LogP contribution in [0, 0.1) is 0 Å². The number of para-hydroxylation sites is 1. The summed E-state index contributed by atoms with van der Waals surface area (Å²) in [6, 6.07) is 10.6. The Kier molecular flexibility index (Phi) is 5.49. The van der Waals surface area contributed by atoms with Crippen LogP contribution >= 0.6 is 0 Å². The fourth-order valence-corrected chi connectivity index (χ4v) is 4.12. The topological polar surface area (TPSA) is 122 Å². The van der Waals surface area contributed by atoms with Gasteiger partial charge in [-0.2, -0.15) is 0 Å². The second-order valence-electron chi connectivity index (χ2n) is 8.49. The minimum absolute atomic E-state index is 0.0448. The van der Waals surface area contributed by atoms with Crippen molar-refractivity contribution in [1.82, 2.24) is 10.2 Å². The van der Waals surface area contributed by atoms with Gasteiger partial charge in [-0.05, 0) is 44.5 Å².